The molecule has 2 heterocycles. The van der Waals surface area contributed by atoms with E-state index in [1.807, 2.05) is 13.8 Å². The predicted octanol–water partition coefficient (Wildman–Crippen LogP) is 1.70. The van der Waals surface area contributed by atoms with Crippen LogP contribution in [0.15, 0.2) is 0 Å². The van der Waals surface area contributed by atoms with E-state index in [0.717, 1.165) is 9.88 Å². The largest absolute Gasteiger partial charge is 0.481 e. The molecule has 1 amide bonds. The second kappa shape index (κ2) is 4.68. The van der Waals surface area contributed by atoms with Crippen molar-refractivity contribution in [3.63, 3.8) is 0 Å². The molecule has 2 unspecified atom stereocenters. The van der Waals surface area contributed by atoms with Gasteiger partial charge in [0.05, 0.1) is 10.9 Å². The number of amides is 1. The zero-order valence-corrected chi connectivity index (χ0v) is 11.5. The first-order valence-corrected chi connectivity index (χ1v) is 6.71. The van der Waals surface area contributed by atoms with Crippen LogP contribution in [0.25, 0.3) is 0 Å². The standard InChI is InChI=1S/C12H16N2O3S/c1-6-9(12(16)17)4-5-14(6)11(15)10-7(2)18-8(3)13-10/h6,9H,4-5H2,1-3H3,(H,16,17). The maximum atomic E-state index is 12.3. The molecule has 2 rings (SSSR count). The molecule has 5 nitrogen and oxygen atoms in total. The van der Waals surface area contributed by atoms with Crippen LogP contribution >= 0.6 is 11.3 Å². The number of aryl methyl sites for hydroxylation is 2. The number of hydrogen-bond donors (Lipinski definition) is 1. The van der Waals surface area contributed by atoms with Crippen LogP contribution in [-0.4, -0.2) is 39.5 Å². The van der Waals surface area contributed by atoms with E-state index in [2.05, 4.69) is 4.98 Å². The Morgan fingerprint density at radius 3 is 2.56 bits per heavy atom. The molecule has 1 aromatic rings. The fraction of sp³-hybridized carbons (Fsp3) is 0.583. The molecule has 1 saturated heterocycles. The highest BCUT2D eigenvalue weighted by Gasteiger charge is 2.39. The minimum atomic E-state index is -0.830. The van der Waals surface area contributed by atoms with Gasteiger partial charge in [-0.05, 0) is 27.2 Å². The van der Waals surface area contributed by atoms with Crippen LogP contribution in [-0.2, 0) is 4.79 Å². The average molecular weight is 268 g/mol. The van der Waals surface area contributed by atoms with E-state index >= 15 is 0 Å². The topological polar surface area (TPSA) is 70.5 Å². The fourth-order valence-corrected chi connectivity index (χ4v) is 3.23. The van der Waals surface area contributed by atoms with Crippen molar-refractivity contribution in [3.8, 4) is 0 Å². The lowest BCUT2D eigenvalue weighted by Crippen LogP contribution is -2.38. The highest BCUT2D eigenvalue weighted by molar-refractivity contribution is 7.11. The van der Waals surface area contributed by atoms with Gasteiger partial charge in [0.2, 0.25) is 0 Å². The summed E-state index contributed by atoms with van der Waals surface area (Å²) in [7, 11) is 0. The number of rotatable bonds is 2. The second-order valence-corrected chi connectivity index (χ2v) is 6.02. The molecule has 0 aromatic carbocycles. The van der Waals surface area contributed by atoms with Gasteiger partial charge in [-0.2, -0.15) is 0 Å². The summed E-state index contributed by atoms with van der Waals surface area (Å²) < 4.78 is 0. The summed E-state index contributed by atoms with van der Waals surface area (Å²) in [4.78, 5) is 30.1. The van der Waals surface area contributed by atoms with Gasteiger partial charge in [-0.3, -0.25) is 9.59 Å². The first-order chi connectivity index (χ1) is 8.41. The van der Waals surface area contributed by atoms with Gasteiger partial charge < -0.3 is 10.0 Å². The Bertz CT molecular complexity index is 498. The number of carboxylic acids is 1. The van der Waals surface area contributed by atoms with Gasteiger partial charge in [0, 0.05) is 17.5 Å². The van der Waals surface area contributed by atoms with Crippen LogP contribution in [0.1, 0.15) is 33.7 Å². The first-order valence-electron chi connectivity index (χ1n) is 5.89. The van der Waals surface area contributed by atoms with E-state index in [-0.39, 0.29) is 11.9 Å². The van der Waals surface area contributed by atoms with E-state index in [1.54, 1.807) is 11.8 Å². The lowest BCUT2D eigenvalue weighted by molar-refractivity contribution is -0.142. The zero-order chi connectivity index (χ0) is 13.4. The second-order valence-electron chi connectivity index (χ2n) is 4.61. The molecular formula is C12H16N2O3S. The van der Waals surface area contributed by atoms with Crippen molar-refractivity contribution in [1.82, 2.24) is 9.88 Å². The van der Waals surface area contributed by atoms with Gasteiger partial charge in [0.15, 0.2) is 0 Å². The van der Waals surface area contributed by atoms with Gasteiger partial charge in [-0.15, -0.1) is 11.3 Å². The van der Waals surface area contributed by atoms with Crippen molar-refractivity contribution < 1.29 is 14.7 Å². The predicted molar refractivity (Wildman–Crippen MR) is 67.8 cm³/mol. The van der Waals surface area contributed by atoms with Gasteiger partial charge >= 0.3 is 5.97 Å². The number of hydrogen-bond acceptors (Lipinski definition) is 4. The van der Waals surface area contributed by atoms with Gasteiger partial charge in [0.25, 0.3) is 5.91 Å². The molecule has 0 bridgehead atoms. The number of thiazole rings is 1. The van der Waals surface area contributed by atoms with Crippen LogP contribution in [0, 0.1) is 19.8 Å². The molecule has 1 fully saturated rings. The number of aliphatic carboxylic acids is 1. The highest BCUT2D eigenvalue weighted by Crippen LogP contribution is 2.27. The Balaban J connectivity index is 2.21. The Kier molecular flexibility index (Phi) is 3.38. The van der Waals surface area contributed by atoms with E-state index < -0.39 is 11.9 Å². The molecule has 18 heavy (non-hydrogen) atoms. The van der Waals surface area contributed by atoms with Gasteiger partial charge in [0.1, 0.15) is 5.69 Å². The van der Waals surface area contributed by atoms with Crippen molar-refractivity contribution in [1.29, 1.82) is 0 Å². The zero-order valence-electron chi connectivity index (χ0n) is 10.6. The number of likely N-dealkylation sites (tertiary alicyclic amines) is 1. The number of aromatic nitrogens is 1. The fourth-order valence-electron chi connectivity index (χ4n) is 2.42. The van der Waals surface area contributed by atoms with Crippen molar-refractivity contribution in [2.45, 2.75) is 33.2 Å². The Hall–Kier alpha value is -1.43. The molecule has 0 saturated carbocycles. The maximum absolute atomic E-state index is 12.3. The third-order valence-electron chi connectivity index (χ3n) is 3.44. The van der Waals surface area contributed by atoms with E-state index in [1.165, 1.54) is 11.3 Å². The van der Waals surface area contributed by atoms with E-state index in [0.29, 0.717) is 18.7 Å². The monoisotopic (exact) mass is 268 g/mol. The van der Waals surface area contributed by atoms with Crippen molar-refractivity contribution >= 4 is 23.2 Å². The maximum Gasteiger partial charge on any atom is 0.308 e. The summed E-state index contributed by atoms with van der Waals surface area (Å²) in [5.41, 5.74) is 0.468. The number of nitrogens with zero attached hydrogens (tertiary/aromatic N) is 2. The Morgan fingerprint density at radius 2 is 2.11 bits per heavy atom. The molecule has 98 valence electrons. The minimum absolute atomic E-state index is 0.145. The molecular weight excluding hydrogens is 252 g/mol. The Labute approximate surface area is 109 Å². The third kappa shape index (κ3) is 2.12. The van der Waals surface area contributed by atoms with Crippen LogP contribution in [0.2, 0.25) is 0 Å². The molecule has 1 aromatic heterocycles. The molecule has 6 heteroatoms. The summed E-state index contributed by atoms with van der Waals surface area (Å²) in [6.07, 6.45) is 0.518. The number of carboxylic acid groups (broad SMARTS) is 1. The molecule has 0 spiro atoms. The molecule has 1 aliphatic rings. The van der Waals surface area contributed by atoms with Gasteiger partial charge in [-0.25, -0.2) is 4.98 Å². The lowest BCUT2D eigenvalue weighted by atomic mass is 10.0. The minimum Gasteiger partial charge on any atom is -0.481 e. The number of carbonyl (C=O) groups is 2. The van der Waals surface area contributed by atoms with Gasteiger partial charge in [-0.1, -0.05) is 0 Å². The summed E-state index contributed by atoms with van der Waals surface area (Å²) in [5, 5.41) is 9.92. The Morgan fingerprint density at radius 1 is 1.44 bits per heavy atom. The van der Waals surface area contributed by atoms with E-state index in [4.69, 9.17) is 5.11 Å². The van der Waals surface area contributed by atoms with E-state index in [9.17, 15) is 9.59 Å². The lowest BCUT2D eigenvalue weighted by Gasteiger charge is -2.22. The summed E-state index contributed by atoms with van der Waals surface area (Å²) >= 11 is 1.49. The third-order valence-corrected chi connectivity index (χ3v) is 4.33. The highest BCUT2D eigenvalue weighted by atomic mass is 32.1. The molecule has 1 N–H and O–H groups in total. The number of carbonyl (C=O) groups excluding carboxylic acids is 1. The quantitative estimate of drug-likeness (QED) is 0.886. The van der Waals surface area contributed by atoms with Crippen LogP contribution in [0.5, 0.6) is 0 Å². The molecule has 1 aliphatic heterocycles. The molecule has 0 radical (unpaired) electrons. The van der Waals surface area contributed by atoms with Crippen LogP contribution < -0.4 is 0 Å². The molecule has 2 atom stereocenters. The average Bonchev–Trinajstić information content (AvgIpc) is 2.81. The molecule has 0 aliphatic carbocycles. The van der Waals surface area contributed by atoms with Crippen molar-refractivity contribution in [2.75, 3.05) is 6.54 Å². The summed E-state index contributed by atoms with van der Waals surface area (Å²) in [6, 6.07) is -0.267. The summed E-state index contributed by atoms with van der Waals surface area (Å²) in [5.74, 6) is -1.44. The van der Waals surface area contributed by atoms with Crippen LogP contribution in [0.3, 0.4) is 0 Å². The van der Waals surface area contributed by atoms with Crippen LogP contribution in [0.4, 0.5) is 0 Å². The normalized spacial score (nSPS) is 23.4. The van der Waals surface area contributed by atoms with Crippen molar-refractivity contribution in [2.24, 2.45) is 5.92 Å². The first kappa shape index (κ1) is 13.0. The SMILES string of the molecule is Cc1nc(C(=O)N2CCC(C(=O)O)C2C)c(C)s1. The summed E-state index contributed by atoms with van der Waals surface area (Å²) in [6.45, 7) is 6.01. The van der Waals surface area contributed by atoms with Crippen molar-refractivity contribution in [3.05, 3.63) is 15.6 Å². The smallest absolute Gasteiger partial charge is 0.308 e.